The van der Waals surface area contributed by atoms with Gasteiger partial charge in [-0.25, -0.2) is 0 Å². The van der Waals surface area contributed by atoms with Gasteiger partial charge >= 0.3 is 0 Å². The molecule has 1 aromatic rings. The predicted octanol–water partition coefficient (Wildman–Crippen LogP) is 3.88. The Balaban J connectivity index is 1.72. The molecule has 3 rings (SSSR count). The smallest absolute Gasteiger partial charge is 0.125 e. The van der Waals surface area contributed by atoms with E-state index in [1.807, 2.05) is 0 Å². The molecule has 2 nitrogen and oxygen atoms in total. The van der Waals surface area contributed by atoms with Crippen LogP contribution in [0.15, 0.2) is 16.6 Å². The molecule has 2 aliphatic heterocycles. The number of halogens is 1. The van der Waals surface area contributed by atoms with Gasteiger partial charge in [-0.05, 0) is 29.7 Å². The molecule has 5 heteroatoms. The molecule has 4 unspecified atom stereocenters. The molecule has 0 amide bonds. The summed E-state index contributed by atoms with van der Waals surface area (Å²) in [6, 6.07) is 4.54. The van der Waals surface area contributed by atoms with Gasteiger partial charge in [0.25, 0.3) is 0 Å². The molecule has 0 saturated carbocycles. The summed E-state index contributed by atoms with van der Waals surface area (Å²) in [7, 11) is 0. The summed E-state index contributed by atoms with van der Waals surface area (Å²) >= 11 is 7.73. The van der Waals surface area contributed by atoms with Crippen LogP contribution in [0.25, 0.3) is 0 Å². The average Bonchev–Trinajstić information content (AvgIpc) is 2.90. The highest BCUT2D eigenvalue weighted by atomic mass is 79.9. The van der Waals surface area contributed by atoms with Gasteiger partial charge in [-0.3, -0.25) is 0 Å². The zero-order chi connectivity index (χ0) is 15.0. The first-order chi connectivity index (χ1) is 10.0. The van der Waals surface area contributed by atoms with Gasteiger partial charge in [0.05, 0.1) is 6.61 Å². The highest BCUT2D eigenvalue weighted by molar-refractivity contribution is 9.10. The summed E-state index contributed by atoms with van der Waals surface area (Å²) in [5.74, 6) is 2.25. The second-order valence-electron chi connectivity index (χ2n) is 5.94. The molecule has 1 fully saturated rings. The number of hydrogen-bond acceptors (Lipinski definition) is 4. The van der Waals surface area contributed by atoms with E-state index in [9.17, 15) is 0 Å². The lowest BCUT2D eigenvalue weighted by Crippen LogP contribution is -2.41. The van der Waals surface area contributed by atoms with Gasteiger partial charge in [-0.2, -0.15) is 23.5 Å². The number of fused-ring (bicyclic) bond motifs is 1. The Morgan fingerprint density at radius 2 is 2.19 bits per heavy atom. The Labute approximate surface area is 144 Å². The molecular weight excluding hydrogens is 366 g/mol. The van der Waals surface area contributed by atoms with Crippen molar-refractivity contribution < 1.29 is 4.74 Å². The summed E-state index contributed by atoms with van der Waals surface area (Å²) < 4.78 is 6.96. The normalized spacial score (nSPS) is 29.8. The Hall–Kier alpha value is 0.160. The van der Waals surface area contributed by atoms with E-state index in [1.54, 1.807) is 0 Å². The lowest BCUT2D eigenvalue weighted by atomic mass is 10.0. The molecule has 0 spiro atoms. The Morgan fingerprint density at radius 1 is 1.38 bits per heavy atom. The van der Waals surface area contributed by atoms with Crippen molar-refractivity contribution in [1.29, 1.82) is 0 Å². The van der Waals surface area contributed by atoms with Crippen molar-refractivity contribution >= 4 is 39.5 Å². The van der Waals surface area contributed by atoms with Crippen molar-refractivity contribution in [2.75, 3.05) is 12.4 Å². The monoisotopic (exact) mass is 387 g/mol. The van der Waals surface area contributed by atoms with E-state index in [4.69, 9.17) is 10.5 Å². The third-order valence-corrected chi connectivity index (χ3v) is 8.36. The van der Waals surface area contributed by atoms with Crippen LogP contribution in [0.5, 0.6) is 5.75 Å². The fourth-order valence-electron chi connectivity index (χ4n) is 2.92. The van der Waals surface area contributed by atoms with E-state index in [1.165, 1.54) is 11.1 Å². The fraction of sp³-hybridized carbons (Fsp3) is 0.625. The second-order valence-corrected chi connectivity index (χ2v) is 9.88. The summed E-state index contributed by atoms with van der Waals surface area (Å²) in [4.78, 5) is 0. The van der Waals surface area contributed by atoms with Crippen LogP contribution in [0.1, 0.15) is 25.0 Å². The number of rotatable bonds is 3. The van der Waals surface area contributed by atoms with Gasteiger partial charge in [0.15, 0.2) is 0 Å². The molecule has 21 heavy (non-hydrogen) atoms. The number of hydrogen-bond donors (Lipinski definition) is 1. The summed E-state index contributed by atoms with van der Waals surface area (Å²) in [5, 5.41) is 1.96. The zero-order valence-corrected chi connectivity index (χ0v) is 15.7. The minimum Gasteiger partial charge on any atom is -0.493 e. The average molecular weight is 388 g/mol. The van der Waals surface area contributed by atoms with Gasteiger partial charge in [0.1, 0.15) is 5.75 Å². The Bertz CT molecular complexity index is 525. The molecule has 0 bridgehead atoms. The minimum absolute atomic E-state index is 0.194. The van der Waals surface area contributed by atoms with Crippen LogP contribution in [0.2, 0.25) is 0 Å². The van der Waals surface area contributed by atoms with Gasteiger partial charge in [0, 0.05) is 38.4 Å². The molecule has 4 atom stereocenters. The van der Waals surface area contributed by atoms with Gasteiger partial charge in [0.2, 0.25) is 0 Å². The molecular formula is C16H22BrNOS2. The topological polar surface area (TPSA) is 35.2 Å². The molecule has 0 radical (unpaired) electrons. The zero-order valence-electron chi connectivity index (χ0n) is 12.5. The lowest BCUT2D eigenvalue weighted by Gasteiger charge is -2.34. The maximum absolute atomic E-state index is 6.53. The molecule has 0 aliphatic carbocycles. The van der Waals surface area contributed by atoms with E-state index in [2.05, 4.69) is 65.4 Å². The van der Waals surface area contributed by atoms with Crippen molar-refractivity contribution in [2.24, 2.45) is 5.73 Å². The van der Waals surface area contributed by atoms with Crippen LogP contribution in [0.4, 0.5) is 0 Å². The van der Waals surface area contributed by atoms with Crippen LogP contribution in [0.3, 0.4) is 0 Å². The van der Waals surface area contributed by atoms with E-state index in [0.717, 1.165) is 40.7 Å². The van der Waals surface area contributed by atoms with E-state index < -0.39 is 0 Å². The van der Waals surface area contributed by atoms with E-state index in [0.29, 0.717) is 10.5 Å². The largest absolute Gasteiger partial charge is 0.493 e. The Morgan fingerprint density at radius 3 is 2.95 bits per heavy atom. The third kappa shape index (κ3) is 3.57. The van der Waals surface area contributed by atoms with Crippen LogP contribution in [0, 0.1) is 0 Å². The minimum atomic E-state index is 0.194. The molecule has 116 valence electrons. The summed E-state index contributed by atoms with van der Waals surface area (Å²) in [6.07, 6.45) is 1.92. The third-order valence-electron chi connectivity index (χ3n) is 4.33. The first-order valence-corrected chi connectivity index (χ1v) is 10.3. The van der Waals surface area contributed by atoms with Crippen molar-refractivity contribution in [3.05, 3.63) is 27.7 Å². The predicted molar refractivity (Wildman–Crippen MR) is 97.8 cm³/mol. The van der Waals surface area contributed by atoms with Gasteiger partial charge in [-0.15, -0.1) is 0 Å². The summed E-state index contributed by atoms with van der Waals surface area (Å²) in [6.45, 7) is 5.44. The molecule has 0 aromatic heterocycles. The maximum atomic E-state index is 6.53. The summed E-state index contributed by atoms with van der Waals surface area (Å²) in [5.41, 5.74) is 9.11. The highest BCUT2D eigenvalue weighted by Gasteiger charge is 2.30. The van der Waals surface area contributed by atoms with E-state index in [-0.39, 0.29) is 6.04 Å². The number of benzene rings is 1. The quantitative estimate of drug-likeness (QED) is 0.853. The van der Waals surface area contributed by atoms with Crippen LogP contribution in [-0.4, -0.2) is 34.2 Å². The van der Waals surface area contributed by atoms with Crippen LogP contribution >= 0.6 is 39.5 Å². The van der Waals surface area contributed by atoms with Gasteiger partial charge in [-0.1, -0.05) is 29.8 Å². The number of thioether (sulfide) groups is 2. The molecule has 1 saturated heterocycles. The van der Waals surface area contributed by atoms with Gasteiger partial charge < -0.3 is 10.5 Å². The van der Waals surface area contributed by atoms with Crippen LogP contribution < -0.4 is 10.5 Å². The lowest BCUT2D eigenvalue weighted by molar-refractivity contribution is 0.352. The molecule has 2 aliphatic rings. The van der Waals surface area contributed by atoms with Crippen molar-refractivity contribution in [3.63, 3.8) is 0 Å². The number of nitrogens with two attached hydrogens (primary N) is 1. The van der Waals surface area contributed by atoms with Crippen molar-refractivity contribution in [2.45, 2.75) is 48.5 Å². The number of ether oxygens (including phenoxy) is 1. The molecule has 2 heterocycles. The maximum Gasteiger partial charge on any atom is 0.125 e. The SMILES string of the molecule is CC1SCC(C(N)Cc2cc(Br)cc3c2OCC3)SC1C. The first-order valence-electron chi connectivity index (χ1n) is 7.51. The van der Waals surface area contributed by atoms with Crippen molar-refractivity contribution in [3.8, 4) is 5.75 Å². The first kappa shape index (κ1) is 16.0. The fourth-order valence-corrected chi connectivity index (χ4v) is 6.53. The molecule has 2 N–H and O–H groups in total. The Kier molecular flexibility index (Phi) is 5.14. The molecule has 1 aromatic carbocycles. The van der Waals surface area contributed by atoms with Crippen LogP contribution in [-0.2, 0) is 12.8 Å². The standard InChI is InChI=1S/C16H22BrNOS2/c1-9-10(2)21-15(8-20-9)14(18)7-12-6-13(17)5-11-3-4-19-16(11)12/h5-6,9-10,14-15H,3-4,7-8,18H2,1-2H3. The van der Waals surface area contributed by atoms with E-state index >= 15 is 0 Å². The second kappa shape index (κ2) is 6.73. The highest BCUT2D eigenvalue weighted by Crippen LogP contribution is 2.39. The van der Waals surface area contributed by atoms with Crippen molar-refractivity contribution in [1.82, 2.24) is 0 Å².